The molecular formula is C27H29ClN2O6S. The third kappa shape index (κ3) is 5.83. The number of methoxy groups -OCH3 is 2. The van der Waals surface area contributed by atoms with Crippen LogP contribution < -0.4 is 4.90 Å². The number of unbranched alkanes of at least 4 members (excludes halogenated alkanes) is 1. The minimum absolute atomic E-state index is 0.0521. The van der Waals surface area contributed by atoms with E-state index in [9.17, 15) is 19.7 Å². The number of benzene rings is 2. The fraction of sp³-hybridized carbons (Fsp3) is 0.333. The number of nitro benzene ring substituents is 1. The maximum atomic E-state index is 13.1. The lowest BCUT2D eigenvalue weighted by molar-refractivity contribution is -0.384. The molecule has 3 rings (SSSR count). The van der Waals surface area contributed by atoms with E-state index < -0.39 is 22.8 Å². The zero-order valence-electron chi connectivity index (χ0n) is 21.4. The molecule has 0 unspecified atom stereocenters. The first kappa shape index (κ1) is 28.3. The molecule has 2 aromatic carbocycles. The number of nitrogens with zero attached hydrogens (tertiary/aromatic N) is 2. The molecule has 1 aliphatic heterocycles. The number of halogens is 1. The van der Waals surface area contributed by atoms with Gasteiger partial charge < -0.3 is 14.4 Å². The average molecular weight is 545 g/mol. The Labute approximate surface area is 225 Å². The Morgan fingerprint density at radius 1 is 1.03 bits per heavy atom. The van der Waals surface area contributed by atoms with Crippen LogP contribution in [0.2, 0.25) is 5.02 Å². The maximum Gasteiger partial charge on any atom is 0.336 e. The predicted molar refractivity (Wildman–Crippen MR) is 145 cm³/mol. The van der Waals surface area contributed by atoms with Crippen LogP contribution in [-0.4, -0.2) is 36.8 Å². The smallest absolute Gasteiger partial charge is 0.336 e. The van der Waals surface area contributed by atoms with Crippen LogP contribution in [0.1, 0.15) is 45.1 Å². The summed E-state index contributed by atoms with van der Waals surface area (Å²) >= 11 is 7.80. The third-order valence-electron chi connectivity index (χ3n) is 6.20. The number of hydrogen-bond donors (Lipinski definition) is 0. The van der Waals surface area contributed by atoms with Gasteiger partial charge in [-0.25, -0.2) is 9.59 Å². The van der Waals surface area contributed by atoms with Crippen molar-refractivity contribution in [2.24, 2.45) is 0 Å². The van der Waals surface area contributed by atoms with Crippen molar-refractivity contribution in [3.05, 3.63) is 85.7 Å². The number of carbonyl (C=O) groups excluding carboxylic acids is 2. The monoisotopic (exact) mass is 544 g/mol. The van der Waals surface area contributed by atoms with Crippen LogP contribution in [0, 0.1) is 10.1 Å². The van der Waals surface area contributed by atoms with E-state index in [-0.39, 0.29) is 21.9 Å². The largest absolute Gasteiger partial charge is 0.466 e. The maximum absolute atomic E-state index is 13.1. The molecule has 0 saturated carbocycles. The molecule has 37 heavy (non-hydrogen) atoms. The van der Waals surface area contributed by atoms with Crippen molar-refractivity contribution >= 4 is 46.7 Å². The summed E-state index contributed by atoms with van der Waals surface area (Å²) in [6.45, 7) is 5.66. The highest BCUT2D eigenvalue weighted by Gasteiger charge is 2.41. The van der Waals surface area contributed by atoms with E-state index in [0.29, 0.717) is 17.0 Å². The van der Waals surface area contributed by atoms with Gasteiger partial charge in [0.05, 0.1) is 36.2 Å². The molecule has 0 saturated heterocycles. The van der Waals surface area contributed by atoms with E-state index in [4.69, 9.17) is 21.1 Å². The molecule has 1 aliphatic rings. The molecule has 0 atom stereocenters. The van der Waals surface area contributed by atoms with Gasteiger partial charge in [-0.15, -0.1) is 11.8 Å². The average Bonchev–Trinajstić information content (AvgIpc) is 2.88. The molecular weight excluding hydrogens is 516 g/mol. The van der Waals surface area contributed by atoms with E-state index in [1.165, 1.54) is 26.4 Å². The second-order valence-electron chi connectivity index (χ2n) is 8.41. The number of hydrogen-bond acceptors (Lipinski definition) is 8. The van der Waals surface area contributed by atoms with Crippen LogP contribution in [0.5, 0.6) is 0 Å². The highest BCUT2D eigenvalue weighted by molar-refractivity contribution is 7.99. The molecule has 8 nitrogen and oxygen atoms in total. The number of anilines is 1. The Bertz CT molecular complexity index is 1230. The lowest BCUT2D eigenvalue weighted by atomic mass is 9.79. The summed E-state index contributed by atoms with van der Waals surface area (Å²) in [5, 5.41) is 11.5. The molecule has 196 valence electrons. The van der Waals surface area contributed by atoms with Crippen molar-refractivity contribution in [2.75, 3.05) is 24.9 Å². The summed E-state index contributed by atoms with van der Waals surface area (Å²) in [5.41, 5.74) is 2.17. The molecule has 1 heterocycles. The van der Waals surface area contributed by atoms with Gasteiger partial charge in [0.2, 0.25) is 0 Å². The summed E-state index contributed by atoms with van der Waals surface area (Å²) in [6.07, 6.45) is 2.24. The third-order valence-corrected chi connectivity index (χ3v) is 7.62. The number of thioether (sulfide) groups is 1. The number of esters is 2. The fourth-order valence-electron chi connectivity index (χ4n) is 4.40. The van der Waals surface area contributed by atoms with Crippen molar-refractivity contribution in [2.45, 2.75) is 44.4 Å². The Balaban J connectivity index is 2.22. The second kappa shape index (κ2) is 12.3. The van der Waals surface area contributed by atoms with Crippen molar-refractivity contribution in [1.29, 1.82) is 0 Å². The molecule has 0 amide bonds. The van der Waals surface area contributed by atoms with Crippen molar-refractivity contribution in [3.63, 3.8) is 0 Å². The normalized spacial score (nSPS) is 14.2. The summed E-state index contributed by atoms with van der Waals surface area (Å²) in [4.78, 5) is 40.2. The quantitative estimate of drug-likeness (QED) is 0.114. The van der Waals surface area contributed by atoms with Gasteiger partial charge in [0.15, 0.2) is 0 Å². The Morgan fingerprint density at radius 3 is 2.08 bits per heavy atom. The van der Waals surface area contributed by atoms with E-state index in [1.807, 2.05) is 24.3 Å². The van der Waals surface area contributed by atoms with Crippen molar-refractivity contribution in [1.82, 2.24) is 0 Å². The Hall–Kier alpha value is -3.30. The standard InChI is InChI=1S/C27H29ClN2O6S/c1-6-7-14-37-20-11-9-19(10-12-20)29-16(2)23(26(31)35-4)25(24(17(29)3)27(32)36-5)18-8-13-21(28)22(15-18)30(33)34/h8-13,15,25H,6-7,14H2,1-5H3. The van der Waals surface area contributed by atoms with Gasteiger partial charge in [-0.3, -0.25) is 10.1 Å². The van der Waals surface area contributed by atoms with E-state index in [2.05, 4.69) is 6.92 Å². The van der Waals surface area contributed by atoms with Gasteiger partial charge in [0, 0.05) is 28.0 Å². The second-order valence-corrected chi connectivity index (χ2v) is 9.99. The van der Waals surface area contributed by atoms with Crippen LogP contribution in [0.3, 0.4) is 0 Å². The van der Waals surface area contributed by atoms with Gasteiger partial charge >= 0.3 is 11.9 Å². The highest BCUT2D eigenvalue weighted by Crippen LogP contribution is 2.45. The first-order valence-corrected chi connectivity index (χ1v) is 13.1. The molecule has 0 fully saturated rings. The fourth-order valence-corrected chi connectivity index (χ4v) is 5.58. The minimum atomic E-state index is -0.962. The van der Waals surface area contributed by atoms with Gasteiger partial charge in [-0.2, -0.15) is 0 Å². The molecule has 0 aliphatic carbocycles. The Morgan fingerprint density at radius 2 is 1.59 bits per heavy atom. The summed E-state index contributed by atoms with van der Waals surface area (Å²) in [5.74, 6) is -1.27. The zero-order valence-corrected chi connectivity index (χ0v) is 22.9. The van der Waals surface area contributed by atoms with E-state index >= 15 is 0 Å². The molecule has 0 spiro atoms. The van der Waals surface area contributed by atoms with Gasteiger partial charge in [-0.05, 0) is 61.9 Å². The summed E-state index contributed by atoms with van der Waals surface area (Å²) in [6, 6.07) is 12.1. The molecule has 0 aromatic heterocycles. The van der Waals surface area contributed by atoms with Crippen molar-refractivity contribution in [3.8, 4) is 0 Å². The van der Waals surface area contributed by atoms with E-state index in [0.717, 1.165) is 29.2 Å². The van der Waals surface area contributed by atoms with E-state index in [1.54, 1.807) is 36.6 Å². The molecule has 10 heteroatoms. The molecule has 0 bridgehead atoms. The first-order valence-electron chi connectivity index (χ1n) is 11.7. The van der Waals surface area contributed by atoms with Crippen LogP contribution in [0.25, 0.3) is 0 Å². The Kier molecular flexibility index (Phi) is 9.39. The summed E-state index contributed by atoms with van der Waals surface area (Å²) < 4.78 is 10.2. The molecule has 0 N–H and O–H groups in total. The van der Waals surface area contributed by atoms with Crippen LogP contribution in [-0.2, 0) is 19.1 Å². The topological polar surface area (TPSA) is 99.0 Å². The number of nitro groups is 1. The first-order chi connectivity index (χ1) is 17.7. The number of allylic oxidation sites excluding steroid dienone is 2. The van der Waals surface area contributed by atoms with Gasteiger partial charge in [0.25, 0.3) is 5.69 Å². The van der Waals surface area contributed by atoms with Crippen LogP contribution >= 0.6 is 23.4 Å². The number of rotatable bonds is 9. The van der Waals surface area contributed by atoms with Crippen LogP contribution in [0.15, 0.2) is 69.9 Å². The number of carbonyl (C=O) groups is 2. The zero-order chi connectivity index (χ0) is 27.3. The summed E-state index contributed by atoms with van der Waals surface area (Å²) in [7, 11) is 2.50. The molecule has 2 aromatic rings. The molecule has 0 radical (unpaired) electrons. The predicted octanol–water partition coefficient (Wildman–Crippen LogP) is 6.64. The van der Waals surface area contributed by atoms with Crippen LogP contribution in [0.4, 0.5) is 11.4 Å². The lowest BCUT2D eigenvalue weighted by Gasteiger charge is -2.37. The van der Waals surface area contributed by atoms with Gasteiger partial charge in [0.1, 0.15) is 5.02 Å². The highest BCUT2D eigenvalue weighted by atomic mass is 35.5. The lowest BCUT2D eigenvalue weighted by Crippen LogP contribution is -2.35. The van der Waals surface area contributed by atoms with Gasteiger partial charge in [-0.1, -0.05) is 31.0 Å². The SMILES string of the molecule is CCCCSc1ccc(N2C(C)=C(C(=O)OC)C(c3ccc(Cl)c([N+](=O)[O-])c3)C(C(=O)OC)=C2C)cc1. The number of ether oxygens (including phenoxy) is 2. The minimum Gasteiger partial charge on any atom is -0.466 e. The van der Waals surface area contributed by atoms with Crippen molar-refractivity contribution < 1.29 is 24.0 Å².